The maximum atomic E-state index is 11.6. The Balaban J connectivity index is 2.44. The molecule has 0 radical (unpaired) electrons. The molecule has 1 aromatic heterocycles. The van der Waals surface area contributed by atoms with Crippen LogP contribution in [0.3, 0.4) is 0 Å². The number of alkyl halides is 1. The Morgan fingerprint density at radius 1 is 1.60 bits per heavy atom. The molecule has 0 saturated heterocycles. The van der Waals surface area contributed by atoms with Gasteiger partial charge in [0.05, 0.1) is 5.56 Å². The van der Waals surface area contributed by atoms with E-state index in [1.54, 1.807) is 24.5 Å². The topological polar surface area (TPSA) is 42.0 Å². The quantitative estimate of drug-likeness (QED) is 0.853. The van der Waals surface area contributed by atoms with E-state index in [1.165, 1.54) is 0 Å². The fourth-order valence-electron chi connectivity index (χ4n) is 1.03. The zero-order valence-electron chi connectivity index (χ0n) is 8.90. The number of nitrogens with zero attached hydrogens (tertiary/aromatic N) is 1. The van der Waals surface area contributed by atoms with Gasteiger partial charge in [0, 0.05) is 23.8 Å². The van der Waals surface area contributed by atoms with E-state index in [1.807, 2.05) is 0 Å². The van der Waals surface area contributed by atoms with Gasteiger partial charge in [-0.15, -0.1) is 0 Å². The highest BCUT2D eigenvalue weighted by atomic mass is 79.9. The molecular weight excluding hydrogens is 256 g/mol. The molecule has 0 saturated carbocycles. The Morgan fingerprint density at radius 3 is 2.87 bits per heavy atom. The van der Waals surface area contributed by atoms with E-state index in [4.69, 9.17) is 0 Å². The second kappa shape index (κ2) is 5.85. The minimum absolute atomic E-state index is 0.0757. The largest absolute Gasteiger partial charge is 0.351 e. The van der Waals surface area contributed by atoms with Gasteiger partial charge in [-0.2, -0.15) is 0 Å². The molecule has 82 valence electrons. The van der Waals surface area contributed by atoms with Crippen LogP contribution in [0, 0.1) is 5.92 Å². The first kappa shape index (κ1) is 12.2. The highest BCUT2D eigenvalue weighted by Gasteiger charge is 2.11. The summed E-state index contributed by atoms with van der Waals surface area (Å²) in [4.78, 5) is 15.8. The van der Waals surface area contributed by atoms with Crippen LogP contribution in [0.15, 0.2) is 24.5 Å². The van der Waals surface area contributed by atoms with Gasteiger partial charge in [-0.3, -0.25) is 9.78 Å². The zero-order chi connectivity index (χ0) is 11.3. The summed E-state index contributed by atoms with van der Waals surface area (Å²) < 4.78 is 0. The molecule has 1 atom stereocenters. The van der Waals surface area contributed by atoms with Gasteiger partial charge in [0.2, 0.25) is 0 Å². The highest BCUT2D eigenvalue weighted by Crippen LogP contribution is 2.10. The number of amides is 1. The van der Waals surface area contributed by atoms with Crippen LogP contribution in [0.25, 0.3) is 0 Å². The number of halogens is 1. The first-order valence-corrected chi connectivity index (χ1v) is 5.85. The maximum Gasteiger partial charge on any atom is 0.252 e. The molecule has 0 aliphatic rings. The van der Waals surface area contributed by atoms with Crippen molar-refractivity contribution in [3.8, 4) is 0 Å². The number of hydrogen-bond acceptors (Lipinski definition) is 2. The number of rotatable bonds is 4. The molecule has 4 heteroatoms. The first-order valence-electron chi connectivity index (χ1n) is 4.93. The SMILES string of the molecule is CC(C)C(Br)CNC(=O)c1cccnc1. The van der Waals surface area contributed by atoms with Crippen molar-refractivity contribution in [1.82, 2.24) is 10.3 Å². The van der Waals surface area contributed by atoms with Gasteiger partial charge in [-0.25, -0.2) is 0 Å². The monoisotopic (exact) mass is 270 g/mol. The van der Waals surface area contributed by atoms with E-state index in [9.17, 15) is 4.79 Å². The molecule has 0 aliphatic heterocycles. The number of hydrogen-bond donors (Lipinski definition) is 1. The molecule has 1 N–H and O–H groups in total. The Hall–Kier alpha value is -0.900. The molecule has 1 unspecified atom stereocenters. The number of carbonyl (C=O) groups is 1. The smallest absolute Gasteiger partial charge is 0.252 e. The summed E-state index contributed by atoms with van der Waals surface area (Å²) in [6.07, 6.45) is 3.21. The molecule has 15 heavy (non-hydrogen) atoms. The lowest BCUT2D eigenvalue weighted by molar-refractivity contribution is 0.0952. The molecule has 0 spiro atoms. The lowest BCUT2D eigenvalue weighted by atomic mass is 10.1. The van der Waals surface area contributed by atoms with Crippen LogP contribution in [0.2, 0.25) is 0 Å². The van der Waals surface area contributed by atoms with Crippen molar-refractivity contribution in [3.05, 3.63) is 30.1 Å². The summed E-state index contributed by atoms with van der Waals surface area (Å²) in [5.41, 5.74) is 0.598. The molecule has 0 bridgehead atoms. The summed E-state index contributed by atoms with van der Waals surface area (Å²) in [5, 5.41) is 2.85. The standard InChI is InChI=1S/C11H15BrN2O/c1-8(2)10(12)7-14-11(15)9-4-3-5-13-6-9/h3-6,8,10H,7H2,1-2H3,(H,14,15). The predicted molar refractivity (Wildman–Crippen MR) is 64.1 cm³/mol. The van der Waals surface area contributed by atoms with Crippen LogP contribution in [0.1, 0.15) is 24.2 Å². The number of carbonyl (C=O) groups excluding carboxylic acids is 1. The third-order valence-corrected chi connectivity index (χ3v) is 3.49. The second-order valence-corrected chi connectivity index (χ2v) is 4.89. The van der Waals surface area contributed by atoms with E-state index < -0.39 is 0 Å². The van der Waals surface area contributed by atoms with Gasteiger partial charge in [0.25, 0.3) is 5.91 Å². The van der Waals surface area contributed by atoms with Crippen molar-refractivity contribution in [2.24, 2.45) is 5.92 Å². The summed E-state index contributed by atoms with van der Waals surface area (Å²) in [7, 11) is 0. The van der Waals surface area contributed by atoms with Crippen LogP contribution >= 0.6 is 15.9 Å². The zero-order valence-corrected chi connectivity index (χ0v) is 10.5. The van der Waals surface area contributed by atoms with E-state index >= 15 is 0 Å². The normalized spacial score (nSPS) is 12.5. The van der Waals surface area contributed by atoms with Gasteiger partial charge in [0.15, 0.2) is 0 Å². The van der Waals surface area contributed by atoms with E-state index in [-0.39, 0.29) is 5.91 Å². The third kappa shape index (κ3) is 4.00. The molecule has 3 nitrogen and oxygen atoms in total. The predicted octanol–water partition coefficient (Wildman–Crippen LogP) is 2.23. The van der Waals surface area contributed by atoms with Gasteiger partial charge in [-0.1, -0.05) is 29.8 Å². The summed E-state index contributed by atoms with van der Waals surface area (Å²) >= 11 is 3.51. The molecular formula is C11H15BrN2O. The third-order valence-electron chi connectivity index (χ3n) is 2.10. The maximum absolute atomic E-state index is 11.6. The minimum Gasteiger partial charge on any atom is -0.351 e. The second-order valence-electron chi connectivity index (χ2n) is 3.71. The van der Waals surface area contributed by atoms with Crippen molar-refractivity contribution < 1.29 is 4.79 Å². The molecule has 0 fully saturated rings. The van der Waals surface area contributed by atoms with Crippen LogP contribution in [-0.4, -0.2) is 22.3 Å². The summed E-state index contributed by atoms with van der Waals surface area (Å²) in [5.74, 6) is 0.424. The van der Waals surface area contributed by atoms with Gasteiger partial charge >= 0.3 is 0 Å². The molecule has 1 aromatic rings. The Labute approximate surface area is 98.4 Å². The Bertz CT molecular complexity index is 314. The Kier molecular flexibility index (Phi) is 4.75. The molecule has 1 heterocycles. The van der Waals surface area contributed by atoms with Crippen molar-refractivity contribution in [2.75, 3.05) is 6.54 Å². The van der Waals surface area contributed by atoms with Gasteiger partial charge in [-0.05, 0) is 18.1 Å². The molecule has 0 aromatic carbocycles. The first-order chi connectivity index (χ1) is 7.11. The Morgan fingerprint density at radius 2 is 2.33 bits per heavy atom. The van der Waals surface area contributed by atoms with Crippen LogP contribution in [-0.2, 0) is 0 Å². The van der Waals surface area contributed by atoms with Crippen molar-refractivity contribution in [1.29, 1.82) is 0 Å². The fourth-order valence-corrected chi connectivity index (χ4v) is 1.19. The van der Waals surface area contributed by atoms with Crippen molar-refractivity contribution in [3.63, 3.8) is 0 Å². The number of nitrogens with one attached hydrogen (secondary N) is 1. The van der Waals surface area contributed by atoms with Crippen LogP contribution in [0.4, 0.5) is 0 Å². The van der Waals surface area contributed by atoms with E-state index in [2.05, 4.69) is 40.1 Å². The average Bonchev–Trinajstić information content (AvgIpc) is 2.26. The lowest BCUT2D eigenvalue weighted by Crippen LogP contribution is -2.31. The minimum atomic E-state index is -0.0757. The average molecular weight is 271 g/mol. The summed E-state index contributed by atoms with van der Waals surface area (Å²) in [6, 6.07) is 3.50. The van der Waals surface area contributed by atoms with Crippen molar-refractivity contribution in [2.45, 2.75) is 18.7 Å². The van der Waals surface area contributed by atoms with Gasteiger partial charge in [0.1, 0.15) is 0 Å². The van der Waals surface area contributed by atoms with Crippen molar-refractivity contribution >= 4 is 21.8 Å². The molecule has 0 aliphatic carbocycles. The van der Waals surface area contributed by atoms with E-state index in [0.29, 0.717) is 22.9 Å². The number of pyridine rings is 1. The lowest BCUT2D eigenvalue weighted by Gasteiger charge is -2.14. The molecule has 1 amide bonds. The molecule has 1 rings (SSSR count). The number of aromatic nitrogens is 1. The van der Waals surface area contributed by atoms with Crippen LogP contribution in [0.5, 0.6) is 0 Å². The summed E-state index contributed by atoms with van der Waals surface area (Å²) in [6.45, 7) is 4.84. The highest BCUT2D eigenvalue weighted by molar-refractivity contribution is 9.09. The van der Waals surface area contributed by atoms with E-state index in [0.717, 1.165) is 0 Å². The fraction of sp³-hybridized carbons (Fsp3) is 0.455. The van der Waals surface area contributed by atoms with Crippen LogP contribution < -0.4 is 5.32 Å². The van der Waals surface area contributed by atoms with Gasteiger partial charge < -0.3 is 5.32 Å².